The molecule has 0 aliphatic carbocycles. The van der Waals surface area contributed by atoms with Crippen molar-refractivity contribution in [2.45, 2.75) is 19.6 Å². The molecule has 1 aromatic carbocycles. The van der Waals surface area contributed by atoms with Crippen LogP contribution in [-0.4, -0.2) is 15.6 Å². The van der Waals surface area contributed by atoms with Gasteiger partial charge in [-0.15, -0.1) is 0 Å². The molecule has 20 heavy (non-hydrogen) atoms. The van der Waals surface area contributed by atoms with E-state index in [1.165, 1.54) is 17.1 Å². The highest BCUT2D eigenvalue weighted by molar-refractivity contribution is 6.09. The van der Waals surface area contributed by atoms with Crippen molar-refractivity contribution in [3.8, 4) is 0 Å². The Morgan fingerprint density at radius 2 is 2.05 bits per heavy atom. The molecule has 0 bridgehead atoms. The highest BCUT2D eigenvalue weighted by Gasteiger charge is 2.35. The summed E-state index contributed by atoms with van der Waals surface area (Å²) in [6.45, 7) is 2.28. The van der Waals surface area contributed by atoms with Crippen LogP contribution in [0.4, 0.5) is 17.6 Å². The van der Waals surface area contributed by atoms with Crippen LogP contribution >= 0.6 is 0 Å². The molecule has 0 unspecified atom stereocenters. The van der Waals surface area contributed by atoms with Crippen molar-refractivity contribution in [2.75, 3.05) is 0 Å². The van der Waals surface area contributed by atoms with Crippen LogP contribution in [0, 0.1) is 5.82 Å². The number of aromatic nitrogens is 2. The van der Waals surface area contributed by atoms with Gasteiger partial charge in [0.25, 0.3) is 0 Å². The molecule has 0 N–H and O–H groups in total. The summed E-state index contributed by atoms with van der Waals surface area (Å²) in [4.78, 5) is 12.0. The van der Waals surface area contributed by atoms with Crippen LogP contribution in [0.2, 0.25) is 0 Å². The Morgan fingerprint density at radius 3 is 2.60 bits per heavy atom. The number of aryl methyl sites for hydroxylation is 1. The van der Waals surface area contributed by atoms with Crippen LogP contribution in [0.5, 0.6) is 0 Å². The van der Waals surface area contributed by atoms with Crippen molar-refractivity contribution in [3.05, 3.63) is 53.1 Å². The van der Waals surface area contributed by atoms with Crippen LogP contribution in [-0.2, 0) is 12.7 Å². The predicted molar refractivity (Wildman–Crippen MR) is 62.7 cm³/mol. The molecule has 3 nitrogen and oxygen atoms in total. The monoisotopic (exact) mass is 286 g/mol. The van der Waals surface area contributed by atoms with Gasteiger partial charge >= 0.3 is 6.18 Å². The maximum absolute atomic E-state index is 13.8. The fourth-order valence-corrected chi connectivity index (χ4v) is 1.74. The summed E-state index contributed by atoms with van der Waals surface area (Å²) in [5, 5.41) is 3.83. The summed E-state index contributed by atoms with van der Waals surface area (Å²) < 4.78 is 53.0. The maximum atomic E-state index is 13.8. The van der Waals surface area contributed by atoms with E-state index < -0.39 is 28.9 Å². The second-order valence-corrected chi connectivity index (χ2v) is 4.08. The summed E-state index contributed by atoms with van der Waals surface area (Å²) in [5.41, 5.74) is -2.02. The number of alkyl halides is 3. The molecule has 0 saturated carbocycles. The second kappa shape index (κ2) is 5.07. The van der Waals surface area contributed by atoms with Crippen LogP contribution in [0.1, 0.15) is 28.4 Å². The van der Waals surface area contributed by atoms with Gasteiger partial charge in [-0.3, -0.25) is 9.48 Å². The van der Waals surface area contributed by atoms with E-state index in [0.717, 1.165) is 12.1 Å². The number of nitrogens with zero attached hydrogens (tertiary/aromatic N) is 2. The lowest BCUT2D eigenvalue weighted by molar-refractivity contribution is -0.140. The number of hydrogen-bond donors (Lipinski definition) is 0. The second-order valence-electron chi connectivity index (χ2n) is 4.08. The first kappa shape index (κ1) is 14.2. The lowest BCUT2D eigenvalue weighted by Crippen LogP contribution is -2.12. The standard InChI is InChI=1S/C13H10F4N2O/c1-2-19-7-8(6-18-19)12(20)9-4-3-5-10(11(9)14)13(15,16)17/h3-7H,2H2,1H3. The van der Waals surface area contributed by atoms with Crippen molar-refractivity contribution in [1.29, 1.82) is 0 Å². The lowest BCUT2D eigenvalue weighted by Gasteiger charge is -2.09. The summed E-state index contributed by atoms with van der Waals surface area (Å²) >= 11 is 0. The Bertz CT molecular complexity index is 646. The lowest BCUT2D eigenvalue weighted by atomic mass is 10.0. The van der Waals surface area contributed by atoms with E-state index in [9.17, 15) is 22.4 Å². The molecule has 2 aromatic rings. The summed E-state index contributed by atoms with van der Waals surface area (Å²) in [5.74, 6) is -2.39. The van der Waals surface area contributed by atoms with E-state index in [-0.39, 0.29) is 5.56 Å². The van der Waals surface area contributed by atoms with Crippen LogP contribution < -0.4 is 0 Å². The van der Waals surface area contributed by atoms with Gasteiger partial charge in [-0.2, -0.15) is 18.3 Å². The molecule has 0 amide bonds. The topological polar surface area (TPSA) is 34.9 Å². The van der Waals surface area contributed by atoms with Gasteiger partial charge in [-0.25, -0.2) is 4.39 Å². The van der Waals surface area contributed by atoms with Gasteiger partial charge in [-0.05, 0) is 19.1 Å². The van der Waals surface area contributed by atoms with Gasteiger partial charge in [-0.1, -0.05) is 6.07 Å². The normalized spacial score (nSPS) is 11.7. The molecule has 0 saturated heterocycles. The molecule has 1 heterocycles. The molecular formula is C13H10F4N2O. The van der Waals surface area contributed by atoms with Gasteiger partial charge in [0.2, 0.25) is 0 Å². The Balaban J connectivity index is 2.45. The zero-order valence-corrected chi connectivity index (χ0v) is 10.4. The number of ketones is 1. The minimum Gasteiger partial charge on any atom is -0.288 e. The first-order valence-corrected chi connectivity index (χ1v) is 5.77. The van der Waals surface area contributed by atoms with Crippen molar-refractivity contribution in [1.82, 2.24) is 9.78 Å². The predicted octanol–water partition coefficient (Wildman–Crippen LogP) is 3.29. The number of rotatable bonds is 3. The molecule has 106 valence electrons. The number of halogens is 4. The van der Waals surface area contributed by atoms with E-state index in [1.54, 1.807) is 6.92 Å². The van der Waals surface area contributed by atoms with Crippen molar-refractivity contribution in [3.63, 3.8) is 0 Å². The molecular weight excluding hydrogens is 276 g/mol. The largest absolute Gasteiger partial charge is 0.419 e. The summed E-state index contributed by atoms with van der Waals surface area (Å²) in [6.07, 6.45) is -2.28. The van der Waals surface area contributed by atoms with Crippen molar-refractivity contribution >= 4 is 5.78 Å². The molecule has 1 aromatic heterocycles. The molecule has 7 heteroatoms. The van der Waals surface area contributed by atoms with Crippen LogP contribution in [0.15, 0.2) is 30.6 Å². The molecule has 0 fully saturated rings. The zero-order valence-electron chi connectivity index (χ0n) is 10.4. The minimum atomic E-state index is -4.84. The molecule has 2 rings (SSSR count). The minimum absolute atomic E-state index is 0.0464. The van der Waals surface area contributed by atoms with Gasteiger partial charge in [0.15, 0.2) is 5.78 Å². The van der Waals surface area contributed by atoms with Gasteiger partial charge < -0.3 is 0 Å². The van der Waals surface area contributed by atoms with E-state index in [4.69, 9.17) is 0 Å². The highest BCUT2D eigenvalue weighted by Crippen LogP contribution is 2.32. The fourth-order valence-electron chi connectivity index (χ4n) is 1.74. The Kier molecular flexibility index (Phi) is 3.61. The molecule has 0 atom stereocenters. The average Bonchev–Trinajstić information content (AvgIpc) is 2.85. The van der Waals surface area contributed by atoms with E-state index in [2.05, 4.69) is 5.10 Å². The van der Waals surface area contributed by atoms with Crippen LogP contribution in [0.25, 0.3) is 0 Å². The SMILES string of the molecule is CCn1cc(C(=O)c2cccc(C(F)(F)F)c2F)cn1. The Labute approximate surface area is 111 Å². The fraction of sp³-hybridized carbons (Fsp3) is 0.231. The third-order valence-electron chi connectivity index (χ3n) is 2.77. The molecule has 0 aliphatic rings. The van der Waals surface area contributed by atoms with Crippen molar-refractivity contribution < 1.29 is 22.4 Å². The van der Waals surface area contributed by atoms with E-state index in [1.807, 2.05) is 0 Å². The molecule has 0 radical (unpaired) electrons. The highest BCUT2D eigenvalue weighted by atomic mass is 19.4. The third kappa shape index (κ3) is 2.56. The van der Waals surface area contributed by atoms with Gasteiger partial charge in [0, 0.05) is 12.7 Å². The summed E-state index contributed by atoms with van der Waals surface area (Å²) in [6, 6.07) is 2.63. The van der Waals surface area contributed by atoms with Gasteiger partial charge in [0.05, 0.1) is 22.9 Å². The zero-order chi connectivity index (χ0) is 14.9. The van der Waals surface area contributed by atoms with Crippen molar-refractivity contribution in [2.24, 2.45) is 0 Å². The average molecular weight is 286 g/mol. The molecule has 0 aliphatic heterocycles. The third-order valence-corrected chi connectivity index (χ3v) is 2.77. The smallest absolute Gasteiger partial charge is 0.288 e. The van der Waals surface area contributed by atoms with Gasteiger partial charge in [0.1, 0.15) is 5.82 Å². The number of benzene rings is 1. The summed E-state index contributed by atoms with van der Waals surface area (Å²) in [7, 11) is 0. The van der Waals surface area contributed by atoms with E-state index >= 15 is 0 Å². The number of carbonyl (C=O) groups excluding carboxylic acids is 1. The maximum Gasteiger partial charge on any atom is 0.419 e. The number of hydrogen-bond acceptors (Lipinski definition) is 2. The quantitative estimate of drug-likeness (QED) is 0.641. The van der Waals surface area contributed by atoms with E-state index in [0.29, 0.717) is 12.6 Å². The first-order chi connectivity index (χ1) is 9.34. The first-order valence-electron chi connectivity index (χ1n) is 5.77. The number of carbonyl (C=O) groups is 1. The Morgan fingerprint density at radius 1 is 1.35 bits per heavy atom. The molecule has 0 spiro atoms. The Hall–Kier alpha value is -2.18. The van der Waals surface area contributed by atoms with Crippen LogP contribution in [0.3, 0.4) is 0 Å².